The van der Waals surface area contributed by atoms with E-state index >= 15 is 0 Å². The zero-order chi connectivity index (χ0) is 23.6. The molecule has 0 unspecified atom stereocenters. The fraction of sp³-hybridized carbons (Fsp3) is 0.227. The van der Waals surface area contributed by atoms with Gasteiger partial charge in [-0.2, -0.15) is 23.7 Å². The predicted molar refractivity (Wildman–Crippen MR) is 111 cm³/mol. The van der Waals surface area contributed by atoms with Crippen LogP contribution in [-0.4, -0.2) is 23.5 Å². The van der Waals surface area contributed by atoms with Gasteiger partial charge in [-0.1, -0.05) is 18.2 Å². The van der Waals surface area contributed by atoms with Crippen LogP contribution in [0, 0.1) is 22.7 Å². The minimum Gasteiger partial charge on any atom is -0.315 e. The molecule has 10 heteroatoms. The number of carbonyl (C=O) groups is 1. The van der Waals surface area contributed by atoms with Crippen molar-refractivity contribution in [2.45, 2.75) is 30.0 Å². The maximum Gasteiger partial charge on any atom is 0.446 e. The number of urea groups is 1. The molecule has 1 heterocycles. The Morgan fingerprint density at radius 2 is 1.84 bits per heavy atom. The number of allylic oxidation sites excluding steroid dienone is 1. The number of hydrogen-bond acceptors (Lipinski definition) is 4. The largest absolute Gasteiger partial charge is 0.446 e. The molecule has 2 amide bonds. The number of carbonyl (C=O) groups excluding carboxylic acids is 1. The first-order valence-corrected chi connectivity index (χ1v) is 10.1. The summed E-state index contributed by atoms with van der Waals surface area (Å²) in [6, 6.07) is 12.1. The molecule has 1 aliphatic heterocycles. The van der Waals surface area contributed by atoms with Gasteiger partial charge >= 0.3 is 11.5 Å². The van der Waals surface area contributed by atoms with Crippen molar-refractivity contribution in [3.05, 3.63) is 70.4 Å². The first-order valence-electron chi connectivity index (χ1n) is 9.23. The second-order valence-electron chi connectivity index (χ2n) is 6.96. The molecule has 1 aliphatic rings. The Labute approximate surface area is 186 Å². The topological polar surface area (TPSA) is 71.1 Å². The predicted octanol–water partition coefficient (Wildman–Crippen LogP) is 6.05. The Morgan fingerprint density at radius 1 is 1.12 bits per heavy atom. The van der Waals surface area contributed by atoms with Gasteiger partial charge in [-0.3, -0.25) is 4.90 Å². The molecule has 1 atom stereocenters. The van der Waals surface area contributed by atoms with Gasteiger partial charge in [0, 0.05) is 17.6 Å². The molecule has 5 nitrogen and oxygen atoms in total. The maximum atomic E-state index is 13.2. The molecular weight excluding hydrogens is 444 g/mol. The number of halogens is 4. The summed E-state index contributed by atoms with van der Waals surface area (Å²) in [6.45, 7) is 0.768. The number of nitrogens with zero attached hydrogens (tertiary/aromatic N) is 4. The highest BCUT2D eigenvalue weighted by atomic mass is 32.2. The van der Waals surface area contributed by atoms with E-state index in [1.54, 1.807) is 24.3 Å². The molecule has 0 fully saturated rings. The summed E-state index contributed by atoms with van der Waals surface area (Å²) in [4.78, 5) is 15.4. The van der Waals surface area contributed by atoms with Crippen LogP contribution in [0.1, 0.15) is 29.7 Å². The number of benzene rings is 2. The number of rotatable bonds is 4. The fourth-order valence-corrected chi connectivity index (χ4v) is 4.29. The molecular formula is C22H16F4N4OS. The zero-order valence-electron chi connectivity index (χ0n) is 16.9. The molecule has 0 spiro atoms. The second kappa shape index (κ2) is 8.93. The summed E-state index contributed by atoms with van der Waals surface area (Å²) in [5, 5.41) is 19.0. The molecule has 0 aliphatic carbocycles. The summed E-state index contributed by atoms with van der Waals surface area (Å²) >= 11 is -0.407. The average Bonchev–Trinajstić information content (AvgIpc) is 2.75. The number of alkyl halides is 4. The highest BCUT2D eigenvalue weighted by Crippen LogP contribution is 2.45. The van der Waals surface area contributed by atoms with E-state index < -0.39 is 36.0 Å². The smallest absolute Gasteiger partial charge is 0.315 e. The first kappa shape index (κ1) is 23.2. The van der Waals surface area contributed by atoms with Crippen molar-refractivity contribution in [2.75, 3.05) is 11.9 Å². The Morgan fingerprint density at radius 3 is 2.44 bits per heavy atom. The Kier molecular flexibility index (Phi) is 6.47. The van der Waals surface area contributed by atoms with Gasteiger partial charge in [0.25, 0.3) is 0 Å². The quantitative estimate of drug-likeness (QED) is 0.411. The van der Waals surface area contributed by atoms with E-state index in [4.69, 9.17) is 5.26 Å². The lowest BCUT2D eigenvalue weighted by molar-refractivity contribution is -0.0328. The monoisotopic (exact) mass is 460 g/mol. The van der Waals surface area contributed by atoms with Crippen molar-refractivity contribution in [1.29, 1.82) is 10.5 Å². The summed E-state index contributed by atoms with van der Waals surface area (Å²) in [5.41, 5.74) is -3.57. The molecule has 2 aromatic carbocycles. The van der Waals surface area contributed by atoms with Crippen LogP contribution in [0.5, 0.6) is 0 Å². The minimum absolute atomic E-state index is 0.0224. The van der Waals surface area contributed by atoms with Crippen LogP contribution in [0.25, 0.3) is 0 Å². The Balaban J connectivity index is 2.19. The van der Waals surface area contributed by atoms with Crippen molar-refractivity contribution >= 4 is 23.5 Å². The van der Waals surface area contributed by atoms with E-state index in [1.165, 1.54) is 37.1 Å². The van der Waals surface area contributed by atoms with E-state index in [1.807, 2.05) is 6.07 Å². The molecule has 0 aromatic heterocycles. The van der Waals surface area contributed by atoms with Crippen molar-refractivity contribution < 1.29 is 22.4 Å². The lowest BCUT2D eigenvalue weighted by Crippen LogP contribution is -2.47. The third kappa shape index (κ3) is 4.41. The second-order valence-corrected chi connectivity index (χ2v) is 8.06. The standard InChI is InChI=1S/C22H16F4N4OS/c1-13-18(12-28)20(17-7-6-15(11-27)9-19(17)32-22(24,25)26)29(2)21(31)30(13)16-5-3-4-14(8-16)10-23/h3-9,20H,10H2,1-2H3/t20-/m1/s1. The van der Waals surface area contributed by atoms with E-state index in [-0.39, 0.29) is 27.3 Å². The molecule has 164 valence electrons. The normalized spacial score (nSPS) is 16.8. The lowest BCUT2D eigenvalue weighted by Gasteiger charge is -2.40. The van der Waals surface area contributed by atoms with Crippen LogP contribution in [0.15, 0.2) is 58.6 Å². The van der Waals surface area contributed by atoms with Crippen molar-refractivity contribution in [3.63, 3.8) is 0 Å². The molecule has 0 saturated carbocycles. The van der Waals surface area contributed by atoms with Crippen molar-refractivity contribution in [2.24, 2.45) is 0 Å². The molecule has 0 saturated heterocycles. The summed E-state index contributed by atoms with van der Waals surface area (Å²) < 4.78 is 52.7. The maximum absolute atomic E-state index is 13.2. The highest BCUT2D eigenvalue weighted by Gasteiger charge is 2.40. The molecule has 2 aromatic rings. The van der Waals surface area contributed by atoms with Gasteiger partial charge in [0.2, 0.25) is 0 Å². The van der Waals surface area contributed by atoms with Crippen LogP contribution in [-0.2, 0) is 6.67 Å². The SMILES string of the molecule is CC1=C(C#N)[C@@H](c2ccc(C#N)cc2SC(F)(F)F)N(C)C(=O)N1c1cccc(CF)c1. The van der Waals surface area contributed by atoms with Gasteiger partial charge in [-0.25, -0.2) is 9.18 Å². The molecule has 32 heavy (non-hydrogen) atoms. The van der Waals surface area contributed by atoms with Crippen molar-refractivity contribution in [1.82, 2.24) is 4.90 Å². The van der Waals surface area contributed by atoms with Crippen LogP contribution in [0.2, 0.25) is 0 Å². The van der Waals surface area contributed by atoms with Gasteiger partial charge in [0.1, 0.15) is 6.67 Å². The van der Waals surface area contributed by atoms with Crippen LogP contribution < -0.4 is 4.90 Å². The van der Waals surface area contributed by atoms with E-state index in [9.17, 15) is 27.6 Å². The number of likely N-dealkylation sites (N-methyl/N-ethyl adjacent to an activating group) is 1. The van der Waals surface area contributed by atoms with Crippen molar-refractivity contribution in [3.8, 4) is 12.1 Å². The molecule has 0 radical (unpaired) electrons. The number of amides is 2. The van der Waals surface area contributed by atoms with Gasteiger partial charge in [0.05, 0.1) is 35.0 Å². The minimum atomic E-state index is -4.63. The Bertz CT molecular complexity index is 1180. The van der Waals surface area contributed by atoms with E-state index in [2.05, 4.69) is 0 Å². The van der Waals surface area contributed by atoms with Gasteiger partial charge in [-0.05, 0) is 54.1 Å². The van der Waals surface area contributed by atoms with E-state index in [0.29, 0.717) is 11.3 Å². The van der Waals surface area contributed by atoms with Gasteiger partial charge in [-0.15, -0.1) is 0 Å². The zero-order valence-corrected chi connectivity index (χ0v) is 17.8. The average molecular weight is 460 g/mol. The van der Waals surface area contributed by atoms with Gasteiger partial charge < -0.3 is 4.90 Å². The van der Waals surface area contributed by atoms with Gasteiger partial charge in [0.15, 0.2) is 0 Å². The van der Waals surface area contributed by atoms with Crippen LogP contribution in [0.4, 0.5) is 28.0 Å². The van der Waals surface area contributed by atoms with Crippen LogP contribution in [0.3, 0.4) is 0 Å². The third-order valence-electron chi connectivity index (χ3n) is 4.99. The number of thioether (sulfide) groups is 1. The molecule has 0 N–H and O–H groups in total. The number of anilines is 1. The third-order valence-corrected chi connectivity index (χ3v) is 5.79. The lowest BCUT2D eigenvalue weighted by atomic mass is 9.93. The number of hydrogen-bond donors (Lipinski definition) is 0. The van der Waals surface area contributed by atoms with E-state index in [0.717, 1.165) is 11.0 Å². The first-order chi connectivity index (χ1) is 15.1. The molecule has 3 rings (SSSR count). The Hall–Kier alpha value is -3.50. The highest BCUT2D eigenvalue weighted by molar-refractivity contribution is 8.00. The fourth-order valence-electron chi connectivity index (χ4n) is 3.56. The summed E-state index contributed by atoms with van der Waals surface area (Å²) in [6.07, 6.45) is 0. The number of nitriles is 2. The van der Waals surface area contributed by atoms with Crippen LogP contribution >= 0.6 is 11.8 Å². The summed E-state index contributed by atoms with van der Waals surface area (Å²) in [5.74, 6) is 0. The molecule has 0 bridgehead atoms. The summed E-state index contributed by atoms with van der Waals surface area (Å²) in [7, 11) is 1.38.